The summed E-state index contributed by atoms with van der Waals surface area (Å²) in [4.78, 5) is 19.1. The quantitative estimate of drug-likeness (QED) is 0.626. The molecule has 0 radical (unpaired) electrons. The van der Waals surface area contributed by atoms with Gasteiger partial charge in [-0.1, -0.05) is 30.3 Å². The minimum atomic E-state index is -0.666. The van der Waals surface area contributed by atoms with Crippen molar-refractivity contribution in [2.75, 3.05) is 18.5 Å². The van der Waals surface area contributed by atoms with Crippen LogP contribution >= 0.6 is 11.6 Å². The van der Waals surface area contributed by atoms with Gasteiger partial charge in [-0.25, -0.2) is 9.50 Å². The number of hydrogen-bond donors (Lipinski definition) is 2. The highest BCUT2D eigenvalue weighted by molar-refractivity contribution is 6.34. The molecule has 166 valence electrons. The Morgan fingerprint density at radius 2 is 2.09 bits per heavy atom. The molecule has 2 fully saturated rings. The Labute approximate surface area is 191 Å². The standard InChI is InChI=1S/C23H25ClN6O2/c1-15-28-23(2,12-21(31)30(15)17-8-10-32-11-9-17)18-4-3-5-19(22(18)24)27-16-6-7-20-25-14-26-29(20)13-16/h3-7,13-14,17,27-28H,1,8-12H2,2H3/t23-/m0/s1. The highest BCUT2D eigenvalue weighted by atomic mass is 35.5. The molecule has 0 saturated carbocycles. The zero-order valence-electron chi connectivity index (χ0n) is 17.8. The smallest absolute Gasteiger partial charge is 0.231 e. The van der Waals surface area contributed by atoms with E-state index in [0.717, 1.165) is 35.4 Å². The van der Waals surface area contributed by atoms with Gasteiger partial charge in [0.15, 0.2) is 5.65 Å². The molecule has 0 unspecified atom stereocenters. The number of pyridine rings is 1. The number of amides is 1. The van der Waals surface area contributed by atoms with Crippen LogP contribution in [-0.4, -0.2) is 44.7 Å². The number of ether oxygens (including phenoxy) is 1. The number of rotatable bonds is 4. The lowest BCUT2D eigenvalue weighted by molar-refractivity contribution is -0.137. The number of aromatic nitrogens is 3. The van der Waals surface area contributed by atoms with Crippen LogP contribution < -0.4 is 10.6 Å². The van der Waals surface area contributed by atoms with Crippen molar-refractivity contribution in [3.8, 4) is 0 Å². The molecule has 32 heavy (non-hydrogen) atoms. The summed E-state index contributed by atoms with van der Waals surface area (Å²) in [7, 11) is 0. The van der Waals surface area contributed by atoms with E-state index in [1.54, 1.807) is 9.42 Å². The third kappa shape index (κ3) is 3.69. The molecule has 0 bridgehead atoms. The average molecular weight is 453 g/mol. The summed E-state index contributed by atoms with van der Waals surface area (Å²) in [6.07, 6.45) is 5.29. The maximum absolute atomic E-state index is 13.2. The Balaban J connectivity index is 1.40. The van der Waals surface area contributed by atoms with Crippen LogP contribution in [0.2, 0.25) is 5.02 Å². The fourth-order valence-electron chi connectivity index (χ4n) is 4.59. The molecule has 0 spiro atoms. The van der Waals surface area contributed by atoms with E-state index in [1.807, 2.05) is 43.5 Å². The Morgan fingerprint density at radius 1 is 1.28 bits per heavy atom. The number of hydrogen-bond acceptors (Lipinski definition) is 6. The molecule has 9 heteroatoms. The lowest BCUT2D eigenvalue weighted by Crippen LogP contribution is -2.57. The number of nitrogens with zero attached hydrogens (tertiary/aromatic N) is 4. The number of nitrogens with one attached hydrogen (secondary N) is 2. The summed E-state index contributed by atoms with van der Waals surface area (Å²) < 4.78 is 7.14. The number of carbonyl (C=O) groups is 1. The van der Waals surface area contributed by atoms with Crippen molar-refractivity contribution in [2.45, 2.75) is 37.8 Å². The lowest BCUT2D eigenvalue weighted by Gasteiger charge is -2.46. The Bertz CT molecular complexity index is 1170. The van der Waals surface area contributed by atoms with E-state index in [9.17, 15) is 4.79 Å². The Morgan fingerprint density at radius 3 is 2.88 bits per heavy atom. The van der Waals surface area contributed by atoms with E-state index in [2.05, 4.69) is 27.3 Å². The van der Waals surface area contributed by atoms with Gasteiger partial charge in [-0.2, -0.15) is 5.10 Å². The molecule has 2 aliphatic rings. The minimum Gasteiger partial charge on any atom is -0.381 e. The minimum absolute atomic E-state index is 0.0502. The van der Waals surface area contributed by atoms with Crippen molar-refractivity contribution in [1.82, 2.24) is 24.8 Å². The molecule has 1 amide bonds. The van der Waals surface area contributed by atoms with Gasteiger partial charge in [-0.15, -0.1) is 0 Å². The Hall–Kier alpha value is -3.10. The second-order valence-corrected chi connectivity index (χ2v) is 8.84. The first-order chi connectivity index (χ1) is 15.4. The van der Waals surface area contributed by atoms with Crippen LogP contribution in [0.1, 0.15) is 31.7 Å². The third-order valence-electron chi connectivity index (χ3n) is 6.19. The van der Waals surface area contributed by atoms with Crippen LogP contribution in [0.25, 0.3) is 5.65 Å². The van der Waals surface area contributed by atoms with Crippen LogP contribution in [0.3, 0.4) is 0 Å². The number of fused-ring (bicyclic) bond motifs is 1. The number of carbonyl (C=O) groups excluding carboxylic acids is 1. The van der Waals surface area contributed by atoms with Gasteiger partial charge >= 0.3 is 0 Å². The summed E-state index contributed by atoms with van der Waals surface area (Å²) in [5, 5.41) is 11.6. The second-order valence-electron chi connectivity index (χ2n) is 8.46. The molecule has 5 rings (SSSR count). The van der Waals surface area contributed by atoms with E-state index >= 15 is 0 Å². The van der Waals surface area contributed by atoms with Gasteiger partial charge in [0.1, 0.15) is 12.1 Å². The van der Waals surface area contributed by atoms with Gasteiger partial charge in [0.05, 0.1) is 34.6 Å². The summed E-state index contributed by atoms with van der Waals surface area (Å²) in [5.74, 6) is 0.663. The summed E-state index contributed by atoms with van der Waals surface area (Å²) in [6.45, 7) is 7.49. The SMILES string of the molecule is C=C1N[C@](C)(c2cccc(Nc3ccc4ncnn4c3)c2Cl)CC(=O)N1C1CCOCC1. The summed E-state index contributed by atoms with van der Waals surface area (Å²) >= 11 is 6.85. The van der Waals surface area contributed by atoms with Gasteiger partial charge in [0.2, 0.25) is 5.91 Å². The molecule has 1 atom stereocenters. The fraction of sp³-hybridized carbons (Fsp3) is 0.348. The van der Waals surface area contributed by atoms with Crippen LogP contribution in [0, 0.1) is 0 Å². The lowest BCUT2D eigenvalue weighted by atomic mass is 9.85. The van der Waals surface area contributed by atoms with Crippen molar-refractivity contribution in [2.24, 2.45) is 0 Å². The van der Waals surface area contributed by atoms with E-state index in [1.165, 1.54) is 6.33 Å². The first-order valence-electron chi connectivity index (χ1n) is 10.7. The molecular formula is C23H25ClN6O2. The molecule has 2 saturated heterocycles. The van der Waals surface area contributed by atoms with Gasteiger partial charge in [0.25, 0.3) is 0 Å². The predicted octanol–water partition coefficient (Wildman–Crippen LogP) is 3.81. The van der Waals surface area contributed by atoms with E-state index < -0.39 is 5.54 Å². The van der Waals surface area contributed by atoms with Gasteiger partial charge < -0.3 is 15.4 Å². The van der Waals surface area contributed by atoms with Crippen LogP contribution in [-0.2, 0) is 15.1 Å². The molecule has 0 aliphatic carbocycles. The normalized spacial score (nSPS) is 22.2. The largest absolute Gasteiger partial charge is 0.381 e. The maximum Gasteiger partial charge on any atom is 0.231 e. The Kier molecular flexibility index (Phi) is 5.27. The second kappa shape index (κ2) is 8.11. The number of benzene rings is 1. The molecule has 2 aromatic heterocycles. The van der Waals surface area contributed by atoms with Gasteiger partial charge in [0, 0.05) is 19.3 Å². The third-order valence-corrected chi connectivity index (χ3v) is 6.59. The summed E-state index contributed by atoms with van der Waals surface area (Å²) in [6, 6.07) is 9.72. The predicted molar refractivity (Wildman–Crippen MR) is 123 cm³/mol. The monoisotopic (exact) mass is 452 g/mol. The van der Waals surface area contributed by atoms with E-state index in [0.29, 0.717) is 24.1 Å². The van der Waals surface area contributed by atoms with Crippen LogP contribution in [0.4, 0.5) is 11.4 Å². The highest BCUT2D eigenvalue weighted by Crippen LogP contribution is 2.40. The van der Waals surface area contributed by atoms with Gasteiger partial charge in [-0.05, 0) is 43.5 Å². The molecule has 4 heterocycles. The van der Waals surface area contributed by atoms with Crippen molar-refractivity contribution in [3.05, 3.63) is 65.8 Å². The van der Waals surface area contributed by atoms with Crippen molar-refractivity contribution in [3.63, 3.8) is 0 Å². The van der Waals surface area contributed by atoms with Crippen molar-refractivity contribution in [1.29, 1.82) is 0 Å². The molecule has 2 aliphatic heterocycles. The zero-order chi connectivity index (χ0) is 22.3. The topological polar surface area (TPSA) is 83.8 Å². The van der Waals surface area contributed by atoms with Gasteiger partial charge in [-0.3, -0.25) is 9.69 Å². The van der Waals surface area contributed by atoms with Crippen molar-refractivity contribution >= 4 is 34.5 Å². The molecule has 3 aromatic rings. The molecule has 2 N–H and O–H groups in total. The average Bonchev–Trinajstić information content (AvgIpc) is 3.23. The first-order valence-corrected chi connectivity index (χ1v) is 11.0. The van der Waals surface area contributed by atoms with Crippen molar-refractivity contribution < 1.29 is 9.53 Å². The molecule has 8 nitrogen and oxygen atoms in total. The maximum atomic E-state index is 13.2. The zero-order valence-corrected chi connectivity index (χ0v) is 18.6. The van der Waals surface area contributed by atoms with Crippen LogP contribution in [0.5, 0.6) is 0 Å². The number of halogens is 1. The highest BCUT2D eigenvalue weighted by Gasteiger charge is 2.42. The molecule has 1 aromatic carbocycles. The first kappa shape index (κ1) is 20.8. The number of anilines is 2. The van der Waals surface area contributed by atoms with Crippen LogP contribution in [0.15, 0.2) is 55.3 Å². The van der Waals surface area contributed by atoms with E-state index in [4.69, 9.17) is 16.3 Å². The fourth-order valence-corrected chi connectivity index (χ4v) is 4.97. The van der Waals surface area contributed by atoms with E-state index in [-0.39, 0.29) is 18.4 Å². The summed E-state index contributed by atoms with van der Waals surface area (Å²) in [5.41, 5.74) is 2.51. The molecular weight excluding hydrogens is 428 g/mol.